The third kappa shape index (κ3) is 5.01. The Hall–Kier alpha value is -3.04. The molecule has 9 heteroatoms. The van der Waals surface area contributed by atoms with Crippen LogP contribution in [0.15, 0.2) is 29.3 Å². The summed E-state index contributed by atoms with van der Waals surface area (Å²) in [6.45, 7) is 9.09. The third-order valence-corrected chi connectivity index (χ3v) is 7.19. The summed E-state index contributed by atoms with van der Waals surface area (Å²) in [5.41, 5.74) is 3.64. The molecule has 0 atom stereocenters. The number of nitrogens with zero attached hydrogens (tertiary/aromatic N) is 5. The summed E-state index contributed by atoms with van der Waals surface area (Å²) in [5, 5.41) is 7.54. The molecule has 2 N–H and O–H groups in total. The SMILES string of the molecule is CCOCCc1c(C)c2cnc(Nc3ccc(N4CCNCC4)cn3)nc2n(C2CCCC2)c1=O. The molecular weight excluding hydrogens is 442 g/mol. The van der Waals surface area contributed by atoms with Crippen LogP contribution in [0.25, 0.3) is 11.0 Å². The second-order valence-electron chi connectivity index (χ2n) is 9.36. The smallest absolute Gasteiger partial charge is 0.256 e. The third-order valence-electron chi connectivity index (χ3n) is 7.19. The van der Waals surface area contributed by atoms with E-state index in [4.69, 9.17) is 9.72 Å². The molecule has 1 aliphatic heterocycles. The van der Waals surface area contributed by atoms with Gasteiger partial charge in [0.2, 0.25) is 5.95 Å². The highest BCUT2D eigenvalue weighted by Crippen LogP contribution is 2.32. The molecule has 0 amide bonds. The molecule has 0 unspecified atom stereocenters. The van der Waals surface area contributed by atoms with Crippen molar-refractivity contribution in [2.45, 2.75) is 52.0 Å². The first-order chi connectivity index (χ1) is 17.2. The highest BCUT2D eigenvalue weighted by atomic mass is 16.5. The van der Waals surface area contributed by atoms with Crippen molar-refractivity contribution in [3.05, 3.63) is 46.0 Å². The van der Waals surface area contributed by atoms with Gasteiger partial charge in [0.1, 0.15) is 11.5 Å². The molecule has 186 valence electrons. The molecule has 2 fully saturated rings. The van der Waals surface area contributed by atoms with Crippen LogP contribution >= 0.6 is 0 Å². The number of piperazine rings is 1. The lowest BCUT2D eigenvalue weighted by atomic mass is 10.0. The molecule has 0 aromatic carbocycles. The van der Waals surface area contributed by atoms with E-state index in [1.165, 1.54) is 0 Å². The Morgan fingerprint density at radius 3 is 2.66 bits per heavy atom. The van der Waals surface area contributed by atoms with Gasteiger partial charge in [0.25, 0.3) is 5.56 Å². The van der Waals surface area contributed by atoms with E-state index >= 15 is 0 Å². The van der Waals surface area contributed by atoms with Crippen LogP contribution in [-0.2, 0) is 11.2 Å². The lowest BCUT2D eigenvalue weighted by Crippen LogP contribution is -2.43. The first-order valence-electron chi connectivity index (χ1n) is 12.8. The van der Waals surface area contributed by atoms with Crippen molar-refractivity contribution >= 4 is 28.5 Å². The topological polar surface area (TPSA) is 97.2 Å². The number of rotatable bonds is 8. The minimum absolute atomic E-state index is 0.0600. The number of hydrogen-bond acceptors (Lipinski definition) is 8. The minimum atomic E-state index is 0.0600. The number of anilines is 3. The molecule has 3 aromatic rings. The van der Waals surface area contributed by atoms with Crippen molar-refractivity contribution in [3.8, 4) is 0 Å². The van der Waals surface area contributed by atoms with Crippen molar-refractivity contribution in [3.63, 3.8) is 0 Å². The van der Waals surface area contributed by atoms with Gasteiger partial charge in [-0.25, -0.2) is 9.97 Å². The Bertz CT molecular complexity index is 1210. The summed E-state index contributed by atoms with van der Waals surface area (Å²) in [5.74, 6) is 1.13. The van der Waals surface area contributed by atoms with E-state index in [-0.39, 0.29) is 11.6 Å². The maximum Gasteiger partial charge on any atom is 0.256 e. The van der Waals surface area contributed by atoms with Crippen LogP contribution in [-0.4, -0.2) is 58.9 Å². The summed E-state index contributed by atoms with van der Waals surface area (Å²) in [7, 11) is 0. The van der Waals surface area contributed by atoms with Gasteiger partial charge in [-0.2, -0.15) is 4.98 Å². The van der Waals surface area contributed by atoms with E-state index in [9.17, 15) is 4.79 Å². The van der Waals surface area contributed by atoms with E-state index in [1.807, 2.05) is 36.9 Å². The van der Waals surface area contributed by atoms with Crippen molar-refractivity contribution in [2.24, 2.45) is 0 Å². The summed E-state index contributed by atoms with van der Waals surface area (Å²) in [4.78, 5) is 30.0. The van der Waals surface area contributed by atoms with Gasteiger partial charge in [-0.3, -0.25) is 9.36 Å². The maximum absolute atomic E-state index is 13.6. The quantitative estimate of drug-likeness (QED) is 0.477. The Morgan fingerprint density at radius 1 is 1.14 bits per heavy atom. The van der Waals surface area contributed by atoms with Crippen molar-refractivity contribution in [1.29, 1.82) is 0 Å². The molecule has 1 aliphatic carbocycles. The average molecular weight is 478 g/mol. The maximum atomic E-state index is 13.6. The normalized spacial score (nSPS) is 16.8. The summed E-state index contributed by atoms with van der Waals surface area (Å²) >= 11 is 0. The monoisotopic (exact) mass is 477 g/mol. The molecule has 5 rings (SSSR count). The second kappa shape index (κ2) is 10.7. The van der Waals surface area contributed by atoms with E-state index in [0.717, 1.165) is 74.1 Å². The molecule has 9 nitrogen and oxygen atoms in total. The van der Waals surface area contributed by atoms with Gasteiger partial charge in [-0.1, -0.05) is 12.8 Å². The largest absolute Gasteiger partial charge is 0.381 e. The van der Waals surface area contributed by atoms with Gasteiger partial charge < -0.3 is 20.3 Å². The fraction of sp³-hybridized carbons (Fsp3) is 0.538. The number of pyridine rings is 2. The van der Waals surface area contributed by atoms with Crippen molar-refractivity contribution < 1.29 is 4.74 Å². The highest BCUT2D eigenvalue weighted by molar-refractivity contribution is 5.80. The number of ether oxygens (including phenoxy) is 1. The van der Waals surface area contributed by atoms with Gasteiger partial charge in [0.05, 0.1) is 18.5 Å². The fourth-order valence-electron chi connectivity index (χ4n) is 5.24. The molecule has 0 spiro atoms. The molecule has 35 heavy (non-hydrogen) atoms. The minimum Gasteiger partial charge on any atom is -0.381 e. The summed E-state index contributed by atoms with van der Waals surface area (Å²) in [6.07, 6.45) is 8.61. The molecule has 2 aliphatic rings. The first kappa shape index (κ1) is 23.7. The van der Waals surface area contributed by atoms with E-state index in [2.05, 4.69) is 31.6 Å². The lowest BCUT2D eigenvalue weighted by Gasteiger charge is -2.29. The Morgan fingerprint density at radius 2 is 1.94 bits per heavy atom. The zero-order valence-electron chi connectivity index (χ0n) is 20.7. The van der Waals surface area contributed by atoms with Crippen LogP contribution < -0.4 is 21.1 Å². The van der Waals surface area contributed by atoms with Crippen LogP contribution in [0, 0.1) is 6.92 Å². The van der Waals surface area contributed by atoms with Crippen molar-refractivity contribution in [2.75, 3.05) is 49.6 Å². The van der Waals surface area contributed by atoms with Crippen LogP contribution in [0.5, 0.6) is 0 Å². The summed E-state index contributed by atoms with van der Waals surface area (Å²) < 4.78 is 7.48. The second-order valence-corrected chi connectivity index (χ2v) is 9.36. The summed E-state index contributed by atoms with van der Waals surface area (Å²) in [6, 6.07) is 4.21. The fourth-order valence-corrected chi connectivity index (χ4v) is 5.24. The number of hydrogen-bond donors (Lipinski definition) is 2. The molecule has 0 bridgehead atoms. The number of nitrogens with one attached hydrogen (secondary N) is 2. The zero-order valence-corrected chi connectivity index (χ0v) is 20.7. The van der Waals surface area contributed by atoms with Gasteiger partial charge in [0, 0.05) is 62.4 Å². The molecule has 0 radical (unpaired) electrons. The van der Waals surface area contributed by atoms with Crippen LogP contribution in [0.2, 0.25) is 0 Å². The Labute approximate surface area is 205 Å². The van der Waals surface area contributed by atoms with E-state index < -0.39 is 0 Å². The van der Waals surface area contributed by atoms with Crippen LogP contribution in [0.1, 0.15) is 49.8 Å². The average Bonchev–Trinajstić information content (AvgIpc) is 3.42. The molecule has 1 saturated carbocycles. The predicted molar refractivity (Wildman–Crippen MR) is 139 cm³/mol. The van der Waals surface area contributed by atoms with Crippen LogP contribution in [0.3, 0.4) is 0 Å². The highest BCUT2D eigenvalue weighted by Gasteiger charge is 2.24. The van der Waals surface area contributed by atoms with Crippen LogP contribution in [0.4, 0.5) is 17.5 Å². The predicted octanol–water partition coefficient (Wildman–Crippen LogP) is 3.34. The number of aryl methyl sites for hydroxylation is 1. The number of aromatic nitrogens is 4. The first-order valence-corrected chi connectivity index (χ1v) is 12.8. The zero-order chi connectivity index (χ0) is 24.2. The molecule has 4 heterocycles. The van der Waals surface area contributed by atoms with Gasteiger partial charge in [-0.05, 0) is 44.4 Å². The van der Waals surface area contributed by atoms with E-state index in [0.29, 0.717) is 37.0 Å². The number of fused-ring (bicyclic) bond motifs is 1. The lowest BCUT2D eigenvalue weighted by molar-refractivity contribution is 0.150. The van der Waals surface area contributed by atoms with Crippen molar-refractivity contribution in [1.82, 2.24) is 24.8 Å². The Balaban J connectivity index is 1.47. The standard InChI is InChI=1S/C26H35N7O2/c1-3-35-15-10-21-18(2)22-17-29-26(31-24(22)33(25(21)34)19-6-4-5-7-19)30-23-9-8-20(16-28-23)32-13-11-27-12-14-32/h8-9,16-17,19,27H,3-7,10-15H2,1-2H3,(H,28,29,30,31). The molecule has 1 saturated heterocycles. The Kier molecular flexibility index (Phi) is 7.24. The van der Waals surface area contributed by atoms with Gasteiger partial charge in [0.15, 0.2) is 0 Å². The van der Waals surface area contributed by atoms with Gasteiger partial charge >= 0.3 is 0 Å². The molecule has 3 aromatic heterocycles. The molecular formula is C26H35N7O2. The van der Waals surface area contributed by atoms with Gasteiger partial charge in [-0.15, -0.1) is 0 Å². The van der Waals surface area contributed by atoms with E-state index in [1.54, 1.807) is 0 Å².